The number of likely N-dealkylation sites (N-methyl/N-ethyl adjacent to an activating group) is 1. The average Bonchev–Trinajstić information content (AvgIpc) is 2.69. The zero-order valence-electron chi connectivity index (χ0n) is 16.8. The van der Waals surface area contributed by atoms with Gasteiger partial charge in [-0.1, -0.05) is 31.2 Å². The first-order valence-electron chi connectivity index (χ1n) is 9.77. The molecule has 1 unspecified atom stereocenters. The molecule has 1 aliphatic carbocycles. The molecule has 7 heteroatoms. The summed E-state index contributed by atoms with van der Waals surface area (Å²) in [7, 11) is 3.28. The van der Waals surface area contributed by atoms with Crippen LogP contribution in [-0.4, -0.2) is 33.4 Å². The Hall–Kier alpha value is -2.67. The van der Waals surface area contributed by atoms with E-state index in [1.165, 1.54) is 22.7 Å². The van der Waals surface area contributed by atoms with Crippen molar-refractivity contribution in [2.45, 2.75) is 45.2 Å². The SMILES string of the molecule is CCCn1c(N)c(C(=O)CN(C)C2CCCc3ccccc32)c(=O)n(C)c1=O. The first-order chi connectivity index (χ1) is 13.4. The number of rotatable bonds is 6. The molecule has 2 aromatic rings. The molecule has 0 spiro atoms. The largest absolute Gasteiger partial charge is 0.384 e. The molecule has 28 heavy (non-hydrogen) atoms. The molecular weight excluding hydrogens is 356 g/mol. The number of fused-ring (bicyclic) bond motifs is 1. The van der Waals surface area contributed by atoms with Crippen molar-refractivity contribution >= 4 is 11.6 Å². The van der Waals surface area contributed by atoms with E-state index in [1.54, 1.807) is 0 Å². The molecule has 1 aromatic heterocycles. The number of nitrogens with two attached hydrogens (primary N) is 1. The Bertz CT molecular complexity index is 1010. The lowest BCUT2D eigenvalue weighted by molar-refractivity contribution is 0.0909. The number of hydrogen-bond acceptors (Lipinski definition) is 5. The van der Waals surface area contributed by atoms with Gasteiger partial charge in [-0.25, -0.2) is 4.79 Å². The summed E-state index contributed by atoms with van der Waals surface area (Å²) in [6.45, 7) is 2.35. The van der Waals surface area contributed by atoms with E-state index in [-0.39, 0.29) is 29.8 Å². The van der Waals surface area contributed by atoms with Crippen molar-refractivity contribution in [3.8, 4) is 0 Å². The third kappa shape index (κ3) is 3.54. The average molecular weight is 384 g/mol. The van der Waals surface area contributed by atoms with Crippen LogP contribution >= 0.6 is 0 Å². The van der Waals surface area contributed by atoms with Gasteiger partial charge in [0.2, 0.25) is 0 Å². The highest BCUT2D eigenvalue weighted by Gasteiger charge is 2.27. The quantitative estimate of drug-likeness (QED) is 0.766. The second-order valence-corrected chi connectivity index (χ2v) is 7.50. The Labute approximate surface area is 164 Å². The molecule has 7 nitrogen and oxygen atoms in total. The molecule has 1 aliphatic rings. The topological polar surface area (TPSA) is 90.3 Å². The van der Waals surface area contributed by atoms with E-state index in [0.29, 0.717) is 13.0 Å². The van der Waals surface area contributed by atoms with Gasteiger partial charge in [-0.05, 0) is 43.9 Å². The van der Waals surface area contributed by atoms with Gasteiger partial charge in [0, 0.05) is 19.6 Å². The fourth-order valence-corrected chi connectivity index (χ4v) is 4.09. The number of hydrogen-bond donors (Lipinski definition) is 1. The van der Waals surface area contributed by atoms with Gasteiger partial charge in [0.15, 0.2) is 5.78 Å². The van der Waals surface area contributed by atoms with Crippen molar-refractivity contribution in [1.29, 1.82) is 0 Å². The molecule has 1 aromatic carbocycles. The third-order valence-corrected chi connectivity index (χ3v) is 5.57. The number of benzene rings is 1. The maximum Gasteiger partial charge on any atom is 0.332 e. The van der Waals surface area contributed by atoms with Gasteiger partial charge in [-0.15, -0.1) is 0 Å². The minimum atomic E-state index is -0.628. The molecule has 1 atom stereocenters. The van der Waals surface area contributed by atoms with E-state index in [2.05, 4.69) is 12.1 Å². The second-order valence-electron chi connectivity index (χ2n) is 7.50. The van der Waals surface area contributed by atoms with Crippen LogP contribution in [0.3, 0.4) is 0 Å². The summed E-state index contributed by atoms with van der Waals surface area (Å²) >= 11 is 0. The molecule has 0 saturated heterocycles. The van der Waals surface area contributed by atoms with Crippen molar-refractivity contribution in [3.63, 3.8) is 0 Å². The highest BCUT2D eigenvalue weighted by Crippen LogP contribution is 2.33. The van der Waals surface area contributed by atoms with E-state index in [0.717, 1.165) is 23.8 Å². The Morgan fingerprint density at radius 2 is 2.00 bits per heavy atom. The Kier molecular flexibility index (Phi) is 5.84. The van der Waals surface area contributed by atoms with Crippen LogP contribution in [-0.2, 0) is 20.0 Å². The summed E-state index contributed by atoms with van der Waals surface area (Å²) < 4.78 is 2.28. The smallest absolute Gasteiger partial charge is 0.332 e. The van der Waals surface area contributed by atoms with Gasteiger partial charge in [0.05, 0.1) is 6.54 Å². The van der Waals surface area contributed by atoms with Gasteiger partial charge >= 0.3 is 5.69 Å². The standard InChI is InChI=1S/C21H28N4O3/c1-4-12-25-19(22)18(20(27)24(3)21(25)28)17(26)13-23(2)16-11-7-9-14-8-5-6-10-15(14)16/h5-6,8,10,16H,4,7,9,11-13,22H2,1-3H3. The molecule has 0 saturated carbocycles. The molecule has 0 amide bonds. The van der Waals surface area contributed by atoms with Crippen LogP contribution < -0.4 is 17.0 Å². The van der Waals surface area contributed by atoms with Crippen molar-refractivity contribution in [2.75, 3.05) is 19.3 Å². The zero-order chi connectivity index (χ0) is 20.4. The summed E-state index contributed by atoms with van der Waals surface area (Å²) in [4.78, 5) is 39.9. The first-order valence-corrected chi connectivity index (χ1v) is 9.77. The summed E-state index contributed by atoms with van der Waals surface area (Å²) in [6, 6.07) is 8.41. The van der Waals surface area contributed by atoms with Crippen LogP contribution in [0.2, 0.25) is 0 Å². The number of carbonyl (C=O) groups is 1. The molecule has 2 N–H and O–H groups in total. The number of ketones is 1. The Morgan fingerprint density at radius 1 is 1.29 bits per heavy atom. The lowest BCUT2D eigenvalue weighted by Gasteiger charge is -2.33. The molecule has 0 bridgehead atoms. The number of Topliss-reactive ketones (excluding diaryl/α,β-unsaturated/α-hetero) is 1. The van der Waals surface area contributed by atoms with Crippen LogP contribution in [0.15, 0.2) is 33.9 Å². The van der Waals surface area contributed by atoms with Gasteiger partial charge in [0.1, 0.15) is 11.4 Å². The molecule has 0 fully saturated rings. The van der Waals surface area contributed by atoms with Gasteiger partial charge in [-0.3, -0.25) is 23.6 Å². The summed E-state index contributed by atoms with van der Waals surface area (Å²) in [5.41, 5.74) is 7.42. The molecule has 150 valence electrons. The van der Waals surface area contributed by atoms with Gasteiger partial charge in [0.25, 0.3) is 5.56 Å². The van der Waals surface area contributed by atoms with E-state index in [9.17, 15) is 14.4 Å². The third-order valence-electron chi connectivity index (χ3n) is 5.57. The Balaban J connectivity index is 1.92. The maximum absolute atomic E-state index is 13.0. The van der Waals surface area contributed by atoms with Crippen LogP contribution in [0.25, 0.3) is 0 Å². The van der Waals surface area contributed by atoms with Crippen molar-refractivity contribution in [2.24, 2.45) is 7.05 Å². The number of anilines is 1. The molecule has 1 heterocycles. The number of nitrogens with zero attached hydrogens (tertiary/aromatic N) is 3. The van der Waals surface area contributed by atoms with Crippen molar-refractivity contribution in [1.82, 2.24) is 14.0 Å². The summed E-state index contributed by atoms with van der Waals surface area (Å²) in [5, 5.41) is 0. The summed E-state index contributed by atoms with van der Waals surface area (Å²) in [5.74, 6) is -0.383. The highest BCUT2D eigenvalue weighted by molar-refractivity contribution is 6.01. The van der Waals surface area contributed by atoms with Crippen LogP contribution in [0.5, 0.6) is 0 Å². The number of nitrogen functional groups attached to an aromatic ring is 1. The minimum Gasteiger partial charge on any atom is -0.384 e. The lowest BCUT2D eigenvalue weighted by atomic mass is 9.87. The highest BCUT2D eigenvalue weighted by atomic mass is 16.2. The number of aryl methyl sites for hydroxylation is 1. The molecule has 3 rings (SSSR count). The maximum atomic E-state index is 13.0. The molecule has 0 radical (unpaired) electrons. The molecule has 0 aliphatic heterocycles. The lowest BCUT2D eigenvalue weighted by Crippen LogP contribution is -2.44. The van der Waals surface area contributed by atoms with Gasteiger partial charge in [-0.2, -0.15) is 0 Å². The monoisotopic (exact) mass is 384 g/mol. The fourth-order valence-electron chi connectivity index (χ4n) is 4.09. The van der Waals surface area contributed by atoms with Gasteiger partial charge < -0.3 is 5.73 Å². The predicted octanol–water partition coefficient (Wildman–Crippen LogP) is 1.73. The van der Waals surface area contributed by atoms with Crippen LogP contribution in [0, 0.1) is 0 Å². The van der Waals surface area contributed by atoms with E-state index < -0.39 is 11.2 Å². The van der Waals surface area contributed by atoms with E-state index in [1.807, 2.05) is 31.0 Å². The van der Waals surface area contributed by atoms with Crippen molar-refractivity contribution in [3.05, 3.63) is 61.8 Å². The summed E-state index contributed by atoms with van der Waals surface area (Å²) in [6.07, 6.45) is 3.74. The number of carbonyl (C=O) groups excluding carboxylic acids is 1. The fraction of sp³-hybridized carbons (Fsp3) is 0.476. The second kappa shape index (κ2) is 8.14. The predicted molar refractivity (Wildman–Crippen MR) is 110 cm³/mol. The van der Waals surface area contributed by atoms with E-state index >= 15 is 0 Å². The first kappa shape index (κ1) is 20.1. The van der Waals surface area contributed by atoms with Crippen LogP contribution in [0.4, 0.5) is 5.82 Å². The minimum absolute atomic E-state index is 0.0302. The van der Waals surface area contributed by atoms with E-state index in [4.69, 9.17) is 5.73 Å². The number of aromatic nitrogens is 2. The zero-order valence-corrected chi connectivity index (χ0v) is 16.8. The Morgan fingerprint density at radius 3 is 2.71 bits per heavy atom. The normalized spacial score (nSPS) is 16.2. The van der Waals surface area contributed by atoms with Crippen LogP contribution in [0.1, 0.15) is 53.7 Å². The molecular formula is C21H28N4O3. The van der Waals surface area contributed by atoms with Crippen molar-refractivity contribution < 1.29 is 4.79 Å².